The molecule has 26 heavy (non-hydrogen) atoms. The number of aromatic nitrogens is 1. The van der Waals surface area contributed by atoms with Gasteiger partial charge in [-0.05, 0) is 34.9 Å². The highest BCUT2D eigenvalue weighted by Crippen LogP contribution is 2.24. The van der Waals surface area contributed by atoms with Gasteiger partial charge in [-0.3, -0.25) is 0 Å². The van der Waals surface area contributed by atoms with Crippen molar-refractivity contribution in [2.45, 2.75) is 6.54 Å². The molecule has 0 aliphatic heterocycles. The Morgan fingerprint density at radius 1 is 0.885 bits per heavy atom. The molecule has 128 valence electrons. The number of nitrogens with zero attached hydrogens (tertiary/aromatic N) is 1. The molecule has 3 heteroatoms. The summed E-state index contributed by atoms with van der Waals surface area (Å²) in [6.07, 6.45) is 2.02. The highest BCUT2D eigenvalue weighted by Gasteiger charge is 2.14. The molecule has 0 spiro atoms. The standard InChI is InChI=1S/C23H19NO2/c1-26-23(25)21-12-6-10-19-13-14-24(22(19)21)16-17-7-5-11-20(15-17)18-8-3-2-4-9-18/h2-15H,16H2,1H3. The van der Waals surface area contributed by atoms with Gasteiger partial charge in [0, 0.05) is 18.1 Å². The van der Waals surface area contributed by atoms with Gasteiger partial charge in [0.2, 0.25) is 0 Å². The largest absolute Gasteiger partial charge is 0.465 e. The van der Waals surface area contributed by atoms with Crippen molar-refractivity contribution in [2.24, 2.45) is 0 Å². The molecule has 0 N–H and O–H groups in total. The molecular formula is C23H19NO2. The molecule has 0 bridgehead atoms. The van der Waals surface area contributed by atoms with Gasteiger partial charge < -0.3 is 9.30 Å². The van der Waals surface area contributed by atoms with E-state index in [0.29, 0.717) is 12.1 Å². The predicted molar refractivity (Wildman–Crippen MR) is 104 cm³/mol. The second-order valence-electron chi connectivity index (χ2n) is 6.25. The topological polar surface area (TPSA) is 31.2 Å². The van der Waals surface area contributed by atoms with Crippen LogP contribution in [0.4, 0.5) is 0 Å². The molecular weight excluding hydrogens is 322 g/mol. The van der Waals surface area contributed by atoms with Gasteiger partial charge in [0.25, 0.3) is 0 Å². The molecule has 1 aromatic heterocycles. The van der Waals surface area contributed by atoms with Crippen molar-refractivity contribution in [1.82, 2.24) is 4.57 Å². The molecule has 0 aliphatic rings. The number of methoxy groups -OCH3 is 1. The average Bonchev–Trinajstić information content (AvgIpc) is 3.11. The lowest BCUT2D eigenvalue weighted by molar-refractivity contribution is 0.0602. The predicted octanol–water partition coefficient (Wildman–Crippen LogP) is 5.14. The van der Waals surface area contributed by atoms with Crippen LogP contribution in [0.3, 0.4) is 0 Å². The van der Waals surface area contributed by atoms with E-state index in [9.17, 15) is 4.79 Å². The van der Waals surface area contributed by atoms with Gasteiger partial charge in [0.1, 0.15) is 0 Å². The summed E-state index contributed by atoms with van der Waals surface area (Å²) in [5.74, 6) is -0.311. The molecule has 0 saturated heterocycles. The van der Waals surface area contributed by atoms with Crippen LogP contribution in [0.25, 0.3) is 22.0 Å². The lowest BCUT2D eigenvalue weighted by Gasteiger charge is -2.10. The summed E-state index contributed by atoms with van der Waals surface area (Å²) in [7, 11) is 1.41. The lowest BCUT2D eigenvalue weighted by atomic mass is 10.0. The molecule has 0 aliphatic carbocycles. The van der Waals surface area contributed by atoms with Crippen molar-refractivity contribution in [3.05, 3.63) is 96.2 Å². The van der Waals surface area contributed by atoms with Crippen LogP contribution >= 0.6 is 0 Å². The maximum absolute atomic E-state index is 12.1. The summed E-state index contributed by atoms with van der Waals surface area (Å²) in [6, 6.07) is 26.6. The quantitative estimate of drug-likeness (QED) is 0.481. The molecule has 4 aromatic rings. The van der Waals surface area contributed by atoms with Crippen LogP contribution in [0.1, 0.15) is 15.9 Å². The van der Waals surface area contributed by atoms with Crippen molar-refractivity contribution in [1.29, 1.82) is 0 Å². The van der Waals surface area contributed by atoms with Gasteiger partial charge in [0.05, 0.1) is 18.2 Å². The first-order valence-electron chi connectivity index (χ1n) is 8.57. The van der Waals surface area contributed by atoms with Gasteiger partial charge in [-0.25, -0.2) is 4.79 Å². The summed E-state index contributed by atoms with van der Waals surface area (Å²) in [5, 5.41) is 1.03. The average molecular weight is 341 g/mol. The van der Waals surface area contributed by atoms with E-state index in [1.807, 2.05) is 48.7 Å². The van der Waals surface area contributed by atoms with E-state index in [0.717, 1.165) is 10.9 Å². The van der Waals surface area contributed by atoms with E-state index in [1.165, 1.54) is 23.8 Å². The van der Waals surface area contributed by atoms with Crippen LogP contribution in [0.15, 0.2) is 85.1 Å². The lowest BCUT2D eigenvalue weighted by Crippen LogP contribution is -2.06. The molecule has 3 aromatic carbocycles. The summed E-state index contributed by atoms with van der Waals surface area (Å²) in [6.45, 7) is 0.693. The minimum Gasteiger partial charge on any atom is -0.465 e. The first-order chi connectivity index (χ1) is 12.8. The van der Waals surface area contributed by atoms with Gasteiger partial charge >= 0.3 is 5.97 Å². The van der Waals surface area contributed by atoms with Crippen LogP contribution in [-0.4, -0.2) is 17.6 Å². The zero-order chi connectivity index (χ0) is 17.9. The molecule has 4 rings (SSSR count). The number of fused-ring (bicyclic) bond motifs is 1. The zero-order valence-corrected chi connectivity index (χ0v) is 14.6. The third-order valence-electron chi connectivity index (χ3n) is 4.58. The fourth-order valence-corrected chi connectivity index (χ4v) is 3.34. The smallest absolute Gasteiger partial charge is 0.340 e. The summed E-state index contributed by atoms with van der Waals surface area (Å²) < 4.78 is 7.05. The Labute approximate surface area is 152 Å². The Kier molecular flexibility index (Phi) is 4.28. The number of hydrogen-bond donors (Lipinski definition) is 0. The van der Waals surface area contributed by atoms with Crippen LogP contribution in [0.2, 0.25) is 0 Å². The van der Waals surface area contributed by atoms with Crippen molar-refractivity contribution in [2.75, 3.05) is 7.11 Å². The molecule has 0 radical (unpaired) electrons. The Hall–Kier alpha value is -3.33. The number of esters is 1. The van der Waals surface area contributed by atoms with Crippen LogP contribution in [0, 0.1) is 0 Å². The molecule has 0 amide bonds. The Morgan fingerprint density at radius 3 is 2.46 bits per heavy atom. The highest BCUT2D eigenvalue weighted by atomic mass is 16.5. The Morgan fingerprint density at radius 2 is 1.65 bits per heavy atom. The summed E-state index contributed by atoms with van der Waals surface area (Å²) in [5.41, 5.74) is 5.07. The zero-order valence-electron chi connectivity index (χ0n) is 14.6. The highest BCUT2D eigenvalue weighted by molar-refractivity contribution is 6.03. The van der Waals surface area contributed by atoms with E-state index >= 15 is 0 Å². The van der Waals surface area contributed by atoms with Gasteiger partial charge in [0.15, 0.2) is 0 Å². The molecule has 0 saturated carbocycles. The maximum Gasteiger partial charge on any atom is 0.340 e. The summed E-state index contributed by atoms with van der Waals surface area (Å²) in [4.78, 5) is 12.1. The number of para-hydroxylation sites is 1. The second-order valence-corrected chi connectivity index (χ2v) is 6.25. The molecule has 0 atom stereocenters. The maximum atomic E-state index is 12.1. The number of hydrogen-bond acceptors (Lipinski definition) is 2. The van der Waals surface area contributed by atoms with E-state index in [-0.39, 0.29) is 5.97 Å². The Balaban J connectivity index is 1.73. The van der Waals surface area contributed by atoms with Crippen molar-refractivity contribution < 1.29 is 9.53 Å². The third kappa shape index (κ3) is 3.00. The first kappa shape index (κ1) is 16.2. The minimum atomic E-state index is -0.311. The van der Waals surface area contributed by atoms with E-state index in [1.54, 1.807) is 0 Å². The number of rotatable bonds is 4. The van der Waals surface area contributed by atoms with Gasteiger partial charge in [-0.15, -0.1) is 0 Å². The van der Waals surface area contributed by atoms with Crippen molar-refractivity contribution in [3.63, 3.8) is 0 Å². The molecule has 1 heterocycles. The van der Waals surface area contributed by atoms with Crippen LogP contribution in [0.5, 0.6) is 0 Å². The fraction of sp³-hybridized carbons (Fsp3) is 0.0870. The monoisotopic (exact) mass is 341 g/mol. The van der Waals surface area contributed by atoms with E-state index in [2.05, 4.69) is 41.0 Å². The van der Waals surface area contributed by atoms with E-state index < -0.39 is 0 Å². The van der Waals surface area contributed by atoms with Crippen molar-refractivity contribution in [3.8, 4) is 11.1 Å². The second kappa shape index (κ2) is 6.89. The molecule has 0 fully saturated rings. The Bertz CT molecular complexity index is 1060. The molecule has 3 nitrogen and oxygen atoms in total. The number of carbonyl (C=O) groups is 1. The number of benzene rings is 3. The number of ether oxygens (including phenoxy) is 1. The minimum absolute atomic E-state index is 0.311. The van der Waals surface area contributed by atoms with Crippen molar-refractivity contribution >= 4 is 16.9 Å². The van der Waals surface area contributed by atoms with Crippen LogP contribution in [-0.2, 0) is 11.3 Å². The summed E-state index contributed by atoms with van der Waals surface area (Å²) >= 11 is 0. The SMILES string of the molecule is COC(=O)c1cccc2ccn(Cc3cccc(-c4ccccc4)c3)c12. The number of carbonyl (C=O) groups excluding carboxylic acids is 1. The molecule has 0 unspecified atom stereocenters. The van der Waals surface area contributed by atoms with Gasteiger partial charge in [-0.2, -0.15) is 0 Å². The van der Waals surface area contributed by atoms with Gasteiger partial charge in [-0.1, -0.05) is 60.7 Å². The van der Waals surface area contributed by atoms with E-state index in [4.69, 9.17) is 4.74 Å². The first-order valence-corrected chi connectivity index (χ1v) is 8.57. The van der Waals surface area contributed by atoms with Crippen LogP contribution < -0.4 is 0 Å². The normalized spacial score (nSPS) is 10.8. The fourth-order valence-electron chi connectivity index (χ4n) is 3.34. The third-order valence-corrected chi connectivity index (χ3v) is 4.58.